The molecule has 0 radical (unpaired) electrons. The van der Waals surface area contributed by atoms with Gasteiger partial charge in [0.1, 0.15) is 0 Å². The Labute approximate surface area is 151 Å². The molecule has 1 aromatic carbocycles. The van der Waals surface area contributed by atoms with Gasteiger partial charge in [-0.2, -0.15) is 0 Å². The van der Waals surface area contributed by atoms with Crippen molar-refractivity contribution in [2.24, 2.45) is 5.92 Å². The number of rotatable bonds is 7. The minimum absolute atomic E-state index is 0.0432. The number of hydrogen-bond acceptors (Lipinski definition) is 3. The summed E-state index contributed by atoms with van der Waals surface area (Å²) < 4.78 is 25.7. The number of amides is 1. The molecule has 1 N–H and O–H groups in total. The van der Waals surface area contributed by atoms with Crippen LogP contribution in [-0.4, -0.2) is 32.7 Å². The molecule has 2 rings (SSSR count). The van der Waals surface area contributed by atoms with E-state index < -0.39 is 10.0 Å². The molecule has 0 heterocycles. The van der Waals surface area contributed by atoms with E-state index in [1.165, 1.54) is 50.5 Å². The normalized spacial score (nSPS) is 16.2. The van der Waals surface area contributed by atoms with E-state index in [0.717, 1.165) is 24.3 Å². The van der Waals surface area contributed by atoms with Gasteiger partial charge < -0.3 is 5.32 Å². The van der Waals surface area contributed by atoms with Gasteiger partial charge in [-0.1, -0.05) is 38.2 Å². The first kappa shape index (κ1) is 19.9. The van der Waals surface area contributed by atoms with Crippen LogP contribution in [0.1, 0.15) is 56.9 Å². The first-order valence-corrected chi connectivity index (χ1v) is 10.6. The molecule has 0 atom stereocenters. The van der Waals surface area contributed by atoms with Crippen LogP contribution in [0.4, 0.5) is 5.69 Å². The molecule has 1 fully saturated rings. The number of anilines is 1. The zero-order valence-corrected chi connectivity index (χ0v) is 16.4. The maximum Gasteiger partial charge on any atom is 0.242 e. The highest BCUT2D eigenvalue weighted by molar-refractivity contribution is 7.89. The van der Waals surface area contributed by atoms with Gasteiger partial charge in [-0.3, -0.25) is 4.79 Å². The van der Waals surface area contributed by atoms with Crippen LogP contribution in [0.5, 0.6) is 0 Å². The van der Waals surface area contributed by atoms with E-state index >= 15 is 0 Å². The smallest absolute Gasteiger partial charge is 0.242 e. The standard InChI is InChI=1S/C19H30N2O3S/c1-15-12-13-17(25(23,24)21(2)3)14-18(15)20-19(22)11-7-10-16-8-5-4-6-9-16/h12-14,16H,4-11H2,1-3H3,(H,20,22). The molecule has 5 nitrogen and oxygen atoms in total. The summed E-state index contributed by atoms with van der Waals surface area (Å²) in [5.74, 6) is 0.732. The number of carbonyl (C=O) groups is 1. The van der Waals surface area contributed by atoms with Crippen LogP contribution >= 0.6 is 0 Å². The topological polar surface area (TPSA) is 66.5 Å². The van der Waals surface area contributed by atoms with Gasteiger partial charge in [-0.05, 0) is 43.4 Å². The molecule has 6 heteroatoms. The highest BCUT2D eigenvalue weighted by Crippen LogP contribution is 2.28. The highest BCUT2D eigenvalue weighted by Gasteiger charge is 2.19. The van der Waals surface area contributed by atoms with Gasteiger partial charge in [0.15, 0.2) is 0 Å². The summed E-state index contributed by atoms with van der Waals surface area (Å²) in [5.41, 5.74) is 1.43. The second-order valence-corrected chi connectivity index (χ2v) is 9.36. The minimum Gasteiger partial charge on any atom is -0.326 e. The van der Waals surface area contributed by atoms with Gasteiger partial charge >= 0.3 is 0 Å². The number of hydrogen-bond donors (Lipinski definition) is 1. The van der Waals surface area contributed by atoms with Crippen LogP contribution in [0.25, 0.3) is 0 Å². The van der Waals surface area contributed by atoms with Gasteiger partial charge in [0.2, 0.25) is 15.9 Å². The van der Waals surface area contributed by atoms with Crippen molar-refractivity contribution in [1.29, 1.82) is 0 Å². The zero-order valence-electron chi connectivity index (χ0n) is 15.5. The van der Waals surface area contributed by atoms with Crippen molar-refractivity contribution in [3.05, 3.63) is 23.8 Å². The Morgan fingerprint density at radius 1 is 1.20 bits per heavy atom. The molecule has 1 saturated carbocycles. The maximum absolute atomic E-state index is 12.2. The molecule has 1 aliphatic carbocycles. The number of sulfonamides is 1. The molecule has 0 spiro atoms. The highest BCUT2D eigenvalue weighted by atomic mass is 32.2. The van der Waals surface area contributed by atoms with Crippen LogP contribution in [-0.2, 0) is 14.8 Å². The van der Waals surface area contributed by atoms with Crippen molar-refractivity contribution in [3.63, 3.8) is 0 Å². The molecule has 0 bridgehead atoms. The fraction of sp³-hybridized carbons (Fsp3) is 0.632. The van der Waals surface area contributed by atoms with Crippen LogP contribution in [0, 0.1) is 12.8 Å². The van der Waals surface area contributed by atoms with Crippen molar-refractivity contribution < 1.29 is 13.2 Å². The Balaban J connectivity index is 1.93. The summed E-state index contributed by atoms with van der Waals surface area (Å²) in [6, 6.07) is 4.85. The minimum atomic E-state index is -3.50. The monoisotopic (exact) mass is 366 g/mol. The van der Waals surface area contributed by atoms with Gasteiger partial charge in [0.05, 0.1) is 4.90 Å². The third-order valence-electron chi connectivity index (χ3n) is 5.00. The van der Waals surface area contributed by atoms with Crippen molar-refractivity contribution in [3.8, 4) is 0 Å². The summed E-state index contributed by atoms with van der Waals surface area (Å²) in [6.07, 6.45) is 9.08. The molecule has 1 aromatic rings. The van der Waals surface area contributed by atoms with E-state index in [-0.39, 0.29) is 10.8 Å². The third-order valence-corrected chi connectivity index (χ3v) is 6.81. The quantitative estimate of drug-likeness (QED) is 0.795. The summed E-state index contributed by atoms with van der Waals surface area (Å²) in [7, 11) is -0.504. The summed E-state index contributed by atoms with van der Waals surface area (Å²) in [5, 5.41) is 2.88. The summed E-state index contributed by atoms with van der Waals surface area (Å²) in [4.78, 5) is 12.4. The van der Waals surface area contributed by atoms with E-state index in [1.54, 1.807) is 18.2 Å². The molecule has 1 amide bonds. The molecule has 0 aromatic heterocycles. The molecular weight excluding hydrogens is 336 g/mol. The number of benzene rings is 1. The second kappa shape index (κ2) is 8.81. The molecule has 1 aliphatic rings. The zero-order chi connectivity index (χ0) is 18.4. The first-order valence-electron chi connectivity index (χ1n) is 9.13. The second-order valence-electron chi connectivity index (χ2n) is 7.21. The molecule has 25 heavy (non-hydrogen) atoms. The Hall–Kier alpha value is -1.40. The maximum atomic E-state index is 12.2. The number of nitrogens with zero attached hydrogens (tertiary/aromatic N) is 1. The SMILES string of the molecule is Cc1ccc(S(=O)(=O)N(C)C)cc1NC(=O)CCCC1CCCCC1. The predicted octanol–water partition coefficient (Wildman–Crippen LogP) is 3.93. The molecule has 0 aliphatic heterocycles. The van der Waals surface area contributed by atoms with Crippen molar-refractivity contribution in [2.45, 2.75) is 63.2 Å². The molecule has 0 unspecified atom stereocenters. The average Bonchev–Trinajstić information content (AvgIpc) is 2.57. The van der Waals surface area contributed by atoms with Crippen molar-refractivity contribution >= 4 is 21.6 Å². The Kier molecular flexibility index (Phi) is 7.02. The number of nitrogens with one attached hydrogen (secondary N) is 1. The van der Waals surface area contributed by atoms with E-state index in [0.29, 0.717) is 12.1 Å². The van der Waals surface area contributed by atoms with Gasteiger partial charge in [-0.15, -0.1) is 0 Å². The van der Waals surface area contributed by atoms with Crippen molar-refractivity contribution in [2.75, 3.05) is 19.4 Å². The lowest BCUT2D eigenvalue weighted by atomic mass is 9.86. The Morgan fingerprint density at radius 3 is 2.52 bits per heavy atom. The first-order chi connectivity index (χ1) is 11.8. The molecule has 0 saturated heterocycles. The van der Waals surface area contributed by atoms with Gasteiger partial charge in [-0.25, -0.2) is 12.7 Å². The van der Waals surface area contributed by atoms with E-state index in [2.05, 4.69) is 5.32 Å². The van der Waals surface area contributed by atoms with Crippen LogP contribution < -0.4 is 5.32 Å². The third kappa shape index (κ3) is 5.54. The lowest BCUT2D eigenvalue weighted by Crippen LogP contribution is -2.22. The van der Waals surface area contributed by atoms with Gasteiger partial charge in [0, 0.05) is 26.2 Å². The predicted molar refractivity (Wildman–Crippen MR) is 101 cm³/mol. The number of carbonyl (C=O) groups excluding carboxylic acids is 1. The Bertz CT molecular complexity index is 693. The average molecular weight is 367 g/mol. The lowest BCUT2D eigenvalue weighted by Gasteiger charge is -2.21. The van der Waals surface area contributed by atoms with Crippen molar-refractivity contribution in [1.82, 2.24) is 4.31 Å². The fourth-order valence-corrected chi connectivity index (χ4v) is 4.28. The van der Waals surface area contributed by atoms with E-state index in [4.69, 9.17) is 0 Å². The van der Waals surface area contributed by atoms with E-state index in [9.17, 15) is 13.2 Å². The molecule has 140 valence electrons. The summed E-state index contributed by atoms with van der Waals surface area (Å²) >= 11 is 0. The van der Waals surface area contributed by atoms with E-state index in [1.807, 2.05) is 6.92 Å². The lowest BCUT2D eigenvalue weighted by molar-refractivity contribution is -0.116. The fourth-order valence-electron chi connectivity index (χ4n) is 3.35. The largest absolute Gasteiger partial charge is 0.326 e. The number of aryl methyl sites for hydroxylation is 1. The van der Waals surface area contributed by atoms with Crippen LogP contribution in [0.2, 0.25) is 0 Å². The summed E-state index contributed by atoms with van der Waals surface area (Å²) in [6.45, 7) is 1.86. The molecular formula is C19H30N2O3S. The van der Waals surface area contributed by atoms with Crippen LogP contribution in [0.15, 0.2) is 23.1 Å². The van der Waals surface area contributed by atoms with Crippen LogP contribution in [0.3, 0.4) is 0 Å². The Morgan fingerprint density at radius 2 is 1.88 bits per heavy atom. The van der Waals surface area contributed by atoms with Gasteiger partial charge in [0.25, 0.3) is 0 Å².